The van der Waals surface area contributed by atoms with E-state index in [0.29, 0.717) is 6.07 Å². The first-order valence-electron chi connectivity index (χ1n) is 7.09. The molecule has 0 saturated carbocycles. The van der Waals surface area contributed by atoms with E-state index in [2.05, 4.69) is 9.47 Å². The number of rotatable bonds is 4. The second kappa shape index (κ2) is 7.60. The van der Waals surface area contributed by atoms with Gasteiger partial charge in [-0.2, -0.15) is 0 Å². The fourth-order valence-corrected chi connectivity index (χ4v) is 2.30. The number of allylic oxidation sites excluding steroid dienone is 2. The third-order valence-corrected chi connectivity index (χ3v) is 3.44. The van der Waals surface area contributed by atoms with Gasteiger partial charge in [-0.25, -0.2) is 23.2 Å². The van der Waals surface area contributed by atoms with Crippen LogP contribution in [0, 0.1) is 11.6 Å². The van der Waals surface area contributed by atoms with Crippen molar-refractivity contribution in [2.75, 3.05) is 19.1 Å². The van der Waals surface area contributed by atoms with E-state index in [1.54, 1.807) is 0 Å². The van der Waals surface area contributed by atoms with Crippen molar-refractivity contribution in [3.63, 3.8) is 0 Å². The van der Waals surface area contributed by atoms with Crippen LogP contribution in [-0.4, -0.2) is 37.2 Å². The third kappa shape index (κ3) is 3.32. The molecule has 9 heteroatoms. The lowest BCUT2D eigenvalue weighted by molar-refractivity contribution is -0.139. The molecular formula is C17H13F2NO6. The van der Waals surface area contributed by atoms with Crippen LogP contribution in [0.25, 0.3) is 0 Å². The molecule has 0 aliphatic carbocycles. The van der Waals surface area contributed by atoms with E-state index in [4.69, 9.17) is 0 Å². The predicted octanol–water partition coefficient (Wildman–Crippen LogP) is 2.15. The molecule has 0 atom stereocenters. The number of aromatic carboxylic acids is 1. The molecule has 0 amide bonds. The van der Waals surface area contributed by atoms with Crippen LogP contribution >= 0.6 is 0 Å². The summed E-state index contributed by atoms with van der Waals surface area (Å²) >= 11 is 0. The van der Waals surface area contributed by atoms with Gasteiger partial charge in [0.15, 0.2) is 11.6 Å². The number of carboxylic acid groups (broad SMARTS) is 1. The van der Waals surface area contributed by atoms with Crippen LogP contribution in [0.1, 0.15) is 10.4 Å². The lowest BCUT2D eigenvalue weighted by Gasteiger charge is -2.24. The second-order valence-corrected chi connectivity index (χ2v) is 4.88. The highest BCUT2D eigenvalue weighted by Crippen LogP contribution is 2.31. The number of hydrogen-bond acceptors (Lipinski definition) is 6. The standard InChI is InChI=1S/C17H13F2NO6/c1-25-16(23)9-5-3-4-8-20(14(9)17(24)26-2)11-7-6-10(18)13(19)12(11)15(21)22/h3-8H,1-2H3,(H,21,22). The van der Waals surface area contributed by atoms with Gasteiger partial charge in [0.2, 0.25) is 0 Å². The lowest BCUT2D eigenvalue weighted by Crippen LogP contribution is -2.28. The molecule has 1 aliphatic heterocycles. The molecule has 1 heterocycles. The van der Waals surface area contributed by atoms with Gasteiger partial charge in [0, 0.05) is 6.20 Å². The molecule has 0 fully saturated rings. The molecule has 26 heavy (non-hydrogen) atoms. The monoisotopic (exact) mass is 365 g/mol. The maximum absolute atomic E-state index is 14.1. The van der Waals surface area contributed by atoms with Crippen LogP contribution in [0.2, 0.25) is 0 Å². The van der Waals surface area contributed by atoms with E-state index in [-0.39, 0.29) is 11.3 Å². The highest BCUT2D eigenvalue weighted by molar-refractivity contribution is 6.07. The number of esters is 2. The van der Waals surface area contributed by atoms with Crippen molar-refractivity contribution in [3.8, 4) is 0 Å². The molecule has 1 aromatic rings. The first-order chi connectivity index (χ1) is 12.3. The normalized spacial score (nSPS) is 13.5. The van der Waals surface area contributed by atoms with Crippen LogP contribution in [0.3, 0.4) is 0 Å². The van der Waals surface area contributed by atoms with Crippen molar-refractivity contribution in [3.05, 3.63) is 65.0 Å². The largest absolute Gasteiger partial charge is 0.478 e. The molecular weight excluding hydrogens is 352 g/mol. The average Bonchev–Trinajstić information content (AvgIpc) is 2.84. The van der Waals surface area contributed by atoms with Gasteiger partial charge in [0.1, 0.15) is 11.3 Å². The smallest absolute Gasteiger partial charge is 0.355 e. The maximum Gasteiger partial charge on any atom is 0.355 e. The Morgan fingerprint density at radius 1 is 1.04 bits per heavy atom. The fourth-order valence-electron chi connectivity index (χ4n) is 2.30. The van der Waals surface area contributed by atoms with Crippen molar-refractivity contribution in [1.82, 2.24) is 0 Å². The Morgan fingerprint density at radius 2 is 1.69 bits per heavy atom. The molecule has 0 spiro atoms. The molecule has 1 N–H and O–H groups in total. The van der Waals surface area contributed by atoms with E-state index in [9.17, 15) is 28.3 Å². The number of nitrogens with zero attached hydrogens (tertiary/aromatic N) is 1. The Hall–Kier alpha value is -3.49. The minimum Gasteiger partial charge on any atom is -0.478 e. The minimum atomic E-state index is -1.76. The number of halogens is 2. The second-order valence-electron chi connectivity index (χ2n) is 4.88. The molecule has 0 radical (unpaired) electrons. The Morgan fingerprint density at radius 3 is 2.27 bits per heavy atom. The van der Waals surface area contributed by atoms with Crippen LogP contribution < -0.4 is 4.90 Å². The highest BCUT2D eigenvalue weighted by Gasteiger charge is 2.31. The van der Waals surface area contributed by atoms with Crippen molar-refractivity contribution in [1.29, 1.82) is 0 Å². The Labute approximate surface area is 146 Å². The quantitative estimate of drug-likeness (QED) is 0.817. The number of carbonyl (C=O) groups is 3. The topological polar surface area (TPSA) is 93.1 Å². The van der Waals surface area contributed by atoms with Gasteiger partial charge >= 0.3 is 17.9 Å². The average molecular weight is 365 g/mol. The SMILES string of the molecule is COC(=O)C1=C(C(=O)OC)N(c2ccc(F)c(F)c2C(=O)O)C=CC=C1. The van der Waals surface area contributed by atoms with E-state index in [1.807, 2.05) is 0 Å². The summed E-state index contributed by atoms with van der Waals surface area (Å²) in [6.45, 7) is 0. The zero-order chi connectivity index (χ0) is 19.4. The molecule has 0 saturated heterocycles. The zero-order valence-corrected chi connectivity index (χ0v) is 13.7. The van der Waals surface area contributed by atoms with Crippen LogP contribution in [-0.2, 0) is 19.1 Å². The molecule has 136 valence electrons. The van der Waals surface area contributed by atoms with Gasteiger partial charge in [-0.15, -0.1) is 0 Å². The van der Waals surface area contributed by atoms with Gasteiger partial charge in [0.25, 0.3) is 0 Å². The zero-order valence-electron chi connectivity index (χ0n) is 13.7. The molecule has 0 bridgehead atoms. The Kier molecular flexibility index (Phi) is 5.51. The fraction of sp³-hybridized carbons (Fsp3) is 0.118. The van der Waals surface area contributed by atoms with E-state index >= 15 is 0 Å². The minimum absolute atomic E-state index is 0.259. The summed E-state index contributed by atoms with van der Waals surface area (Å²) in [7, 11) is 2.13. The van der Waals surface area contributed by atoms with Gasteiger partial charge < -0.3 is 19.5 Å². The molecule has 7 nitrogen and oxygen atoms in total. The lowest BCUT2D eigenvalue weighted by atomic mass is 10.1. The first kappa shape index (κ1) is 18.8. The summed E-state index contributed by atoms with van der Waals surface area (Å²) in [6.07, 6.45) is 5.20. The van der Waals surface area contributed by atoms with Crippen LogP contribution in [0.15, 0.2) is 47.8 Å². The summed E-state index contributed by atoms with van der Waals surface area (Å²) in [4.78, 5) is 36.6. The summed E-state index contributed by atoms with van der Waals surface area (Å²) in [5.74, 6) is -6.66. The predicted molar refractivity (Wildman–Crippen MR) is 85.1 cm³/mol. The van der Waals surface area contributed by atoms with Crippen molar-refractivity contribution in [2.45, 2.75) is 0 Å². The van der Waals surface area contributed by atoms with Crippen LogP contribution in [0.4, 0.5) is 14.5 Å². The summed E-state index contributed by atoms with van der Waals surface area (Å²) in [5, 5.41) is 9.28. The molecule has 2 rings (SSSR count). The molecule has 0 unspecified atom stereocenters. The van der Waals surface area contributed by atoms with E-state index in [1.165, 1.54) is 24.4 Å². The van der Waals surface area contributed by atoms with Gasteiger partial charge in [-0.3, -0.25) is 0 Å². The summed E-state index contributed by atoms with van der Waals surface area (Å²) < 4.78 is 36.8. The number of benzene rings is 1. The third-order valence-electron chi connectivity index (χ3n) is 3.44. The number of anilines is 1. The number of hydrogen-bond donors (Lipinski definition) is 1. The molecule has 1 aromatic carbocycles. The van der Waals surface area contributed by atoms with Crippen molar-refractivity contribution < 1.29 is 37.7 Å². The maximum atomic E-state index is 14.1. The van der Waals surface area contributed by atoms with Crippen LogP contribution in [0.5, 0.6) is 0 Å². The van der Waals surface area contributed by atoms with Crippen molar-refractivity contribution >= 4 is 23.6 Å². The number of methoxy groups -OCH3 is 2. The van der Waals surface area contributed by atoms with E-state index in [0.717, 1.165) is 25.2 Å². The molecule has 0 aromatic heterocycles. The first-order valence-corrected chi connectivity index (χ1v) is 7.09. The number of carbonyl (C=O) groups excluding carboxylic acids is 2. The number of ether oxygens (including phenoxy) is 2. The van der Waals surface area contributed by atoms with Crippen molar-refractivity contribution in [2.24, 2.45) is 0 Å². The summed E-state index contributed by atoms with van der Waals surface area (Å²) in [5.41, 5.74) is -2.07. The van der Waals surface area contributed by atoms with E-state index < -0.39 is 40.8 Å². The summed E-state index contributed by atoms with van der Waals surface area (Å²) in [6, 6.07) is 1.67. The van der Waals surface area contributed by atoms with Gasteiger partial charge in [-0.1, -0.05) is 6.08 Å². The van der Waals surface area contributed by atoms with Gasteiger partial charge in [0.05, 0.1) is 25.5 Å². The Bertz CT molecular complexity index is 872. The highest BCUT2D eigenvalue weighted by atomic mass is 19.2. The number of carboxylic acids is 1. The Balaban J connectivity index is 2.82. The molecule has 1 aliphatic rings. The van der Waals surface area contributed by atoms with Gasteiger partial charge in [-0.05, 0) is 24.3 Å².